The normalized spacial score (nSPS) is 13.2. The number of carboxylic acid groups (broad SMARTS) is 1. The number of rotatable bonds is 6. The van der Waals surface area contributed by atoms with E-state index < -0.39 is 41.7 Å². The van der Waals surface area contributed by atoms with E-state index in [1.165, 1.54) is 0 Å². The van der Waals surface area contributed by atoms with Gasteiger partial charge in [0.15, 0.2) is 5.82 Å². The van der Waals surface area contributed by atoms with Gasteiger partial charge in [-0.05, 0) is 38.2 Å². The van der Waals surface area contributed by atoms with Gasteiger partial charge in [0, 0.05) is 17.9 Å². The van der Waals surface area contributed by atoms with Gasteiger partial charge in [0.1, 0.15) is 23.1 Å². The van der Waals surface area contributed by atoms with E-state index in [2.05, 4.69) is 26.2 Å². The van der Waals surface area contributed by atoms with Crippen LogP contribution in [0.3, 0.4) is 0 Å². The summed E-state index contributed by atoms with van der Waals surface area (Å²) in [5.74, 6) is -3.69. The van der Waals surface area contributed by atoms with Crippen molar-refractivity contribution in [1.29, 1.82) is 0 Å². The van der Waals surface area contributed by atoms with Crippen LogP contribution in [0.2, 0.25) is 0 Å². The van der Waals surface area contributed by atoms with Crippen LogP contribution < -0.4 is 5.32 Å². The van der Waals surface area contributed by atoms with Crippen LogP contribution in [0, 0.1) is 11.6 Å². The third-order valence-electron chi connectivity index (χ3n) is 5.37. The van der Waals surface area contributed by atoms with Crippen molar-refractivity contribution in [2.75, 3.05) is 6.61 Å². The number of ether oxygens (including phenoxy) is 1. The summed E-state index contributed by atoms with van der Waals surface area (Å²) in [6.45, 7) is -0.0181. The van der Waals surface area contributed by atoms with Gasteiger partial charge >= 0.3 is 12.1 Å². The number of halogens is 3. The predicted octanol–water partition coefficient (Wildman–Crippen LogP) is 4.66. The van der Waals surface area contributed by atoms with E-state index in [0.29, 0.717) is 0 Å². The van der Waals surface area contributed by atoms with Crippen molar-refractivity contribution < 1.29 is 28.2 Å². The molecule has 1 amide bonds. The highest BCUT2D eigenvalue weighted by atomic mass is 79.9. The van der Waals surface area contributed by atoms with Crippen LogP contribution in [0.5, 0.6) is 0 Å². The molecule has 2 N–H and O–H groups in total. The maximum Gasteiger partial charge on any atom is 0.407 e. The first-order valence-electron chi connectivity index (χ1n) is 9.69. The number of alkyl carbamates (subject to hydrolysis) is 1. The summed E-state index contributed by atoms with van der Waals surface area (Å²) in [5, 5.41) is 11.6. The fourth-order valence-electron chi connectivity index (χ4n) is 3.85. The molecule has 0 spiro atoms. The Morgan fingerprint density at radius 2 is 1.69 bits per heavy atom. The van der Waals surface area contributed by atoms with Crippen LogP contribution in [0.25, 0.3) is 11.1 Å². The molecule has 1 heterocycles. The summed E-state index contributed by atoms with van der Waals surface area (Å²) in [6, 6.07) is 13.9. The van der Waals surface area contributed by atoms with E-state index in [9.17, 15) is 23.5 Å². The number of aromatic nitrogens is 1. The molecular formula is C23H17BrF2N2O4. The lowest BCUT2D eigenvalue weighted by atomic mass is 9.98. The molecule has 0 saturated heterocycles. The fraction of sp³-hybridized carbons (Fsp3) is 0.174. The average molecular weight is 503 g/mol. The Kier molecular flexibility index (Phi) is 6.18. The number of pyridine rings is 1. The second-order valence-corrected chi connectivity index (χ2v) is 8.01. The number of nitrogens with one attached hydrogen (secondary N) is 1. The van der Waals surface area contributed by atoms with Crippen molar-refractivity contribution in [2.24, 2.45) is 0 Å². The van der Waals surface area contributed by atoms with E-state index in [-0.39, 0.29) is 17.1 Å². The molecule has 0 radical (unpaired) electrons. The molecule has 9 heteroatoms. The number of hydrogen-bond acceptors (Lipinski definition) is 4. The molecule has 0 bridgehead atoms. The standard InChI is InChI=1S/C23H17BrF2N2O4/c24-21-20(26)16(18(25)10-27-21)9-19(22(29)30)28-23(31)32-11-17-14-7-3-1-5-12(14)13-6-2-4-8-15(13)17/h1-8,10,17,19H,9,11H2,(H,28,31)(H,29,30). The number of fused-ring (bicyclic) bond motifs is 3. The summed E-state index contributed by atoms with van der Waals surface area (Å²) in [7, 11) is 0. The molecule has 0 saturated carbocycles. The number of benzene rings is 2. The van der Waals surface area contributed by atoms with Gasteiger partial charge in [0.2, 0.25) is 0 Å². The van der Waals surface area contributed by atoms with E-state index in [1.54, 1.807) is 0 Å². The SMILES string of the molecule is O=C(NC(Cc1c(F)cnc(Br)c1F)C(=O)O)OCC1c2ccccc2-c2ccccc21. The monoisotopic (exact) mass is 502 g/mol. The average Bonchev–Trinajstić information content (AvgIpc) is 3.11. The summed E-state index contributed by atoms with van der Waals surface area (Å²) in [5.41, 5.74) is 3.60. The molecule has 1 atom stereocenters. The quantitative estimate of drug-likeness (QED) is 0.478. The Balaban J connectivity index is 1.46. The zero-order valence-electron chi connectivity index (χ0n) is 16.5. The van der Waals surface area contributed by atoms with Gasteiger partial charge in [0.05, 0.1) is 6.20 Å². The van der Waals surface area contributed by atoms with Crippen LogP contribution in [-0.2, 0) is 16.0 Å². The van der Waals surface area contributed by atoms with Gasteiger partial charge in [-0.15, -0.1) is 0 Å². The second kappa shape index (κ2) is 9.04. The van der Waals surface area contributed by atoms with Gasteiger partial charge in [-0.3, -0.25) is 0 Å². The maximum atomic E-state index is 14.2. The van der Waals surface area contributed by atoms with Crippen molar-refractivity contribution in [3.8, 4) is 11.1 Å². The Labute approximate surface area is 190 Å². The largest absolute Gasteiger partial charge is 0.480 e. The highest BCUT2D eigenvalue weighted by Crippen LogP contribution is 2.44. The van der Waals surface area contributed by atoms with Crippen molar-refractivity contribution in [1.82, 2.24) is 10.3 Å². The summed E-state index contributed by atoms with van der Waals surface area (Å²) < 4.78 is 33.2. The van der Waals surface area contributed by atoms with Crippen LogP contribution in [0.15, 0.2) is 59.3 Å². The third-order valence-corrected chi connectivity index (χ3v) is 5.92. The molecule has 1 aliphatic carbocycles. The van der Waals surface area contributed by atoms with E-state index in [4.69, 9.17) is 4.74 Å². The van der Waals surface area contributed by atoms with Crippen LogP contribution in [-0.4, -0.2) is 34.8 Å². The summed E-state index contributed by atoms with van der Waals surface area (Å²) >= 11 is 2.83. The summed E-state index contributed by atoms with van der Waals surface area (Å²) in [4.78, 5) is 27.4. The zero-order valence-corrected chi connectivity index (χ0v) is 18.1. The number of aliphatic carboxylic acids is 1. The smallest absolute Gasteiger partial charge is 0.407 e. The minimum atomic E-state index is -1.59. The summed E-state index contributed by atoms with van der Waals surface area (Å²) in [6.07, 6.45) is -0.833. The third kappa shape index (κ3) is 4.20. The molecule has 1 aliphatic rings. The molecule has 32 heavy (non-hydrogen) atoms. The highest BCUT2D eigenvalue weighted by molar-refractivity contribution is 9.10. The second-order valence-electron chi connectivity index (χ2n) is 7.25. The first-order chi connectivity index (χ1) is 15.4. The van der Waals surface area contributed by atoms with Gasteiger partial charge < -0.3 is 15.2 Å². The molecule has 0 aliphatic heterocycles. The highest BCUT2D eigenvalue weighted by Gasteiger charge is 2.30. The molecule has 164 valence electrons. The molecule has 6 nitrogen and oxygen atoms in total. The van der Waals surface area contributed by atoms with E-state index in [1.807, 2.05) is 48.5 Å². The predicted molar refractivity (Wildman–Crippen MR) is 115 cm³/mol. The molecule has 2 aromatic carbocycles. The fourth-order valence-corrected chi connectivity index (χ4v) is 4.19. The number of hydrogen-bond donors (Lipinski definition) is 2. The Hall–Kier alpha value is -3.33. The van der Waals surface area contributed by atoms with Crippen LogP contribution >= 0.6 is 15.9 Å². The molecular weight excluding hydrogens is 486 g/mol. The Bertz CT molecular complexity index is 1160. The van der Waals surface area contributed by atoms with E-state index >= 15 is 0 Å². The van der Waals surface area contributed by atoms with Crippen LogP contribution in [0.1, 0.15) is 22.6 Å². The van der Waals surface area contributed by atoms with Gasteiger partial charge in [-0.1, -0.05) is 48.5 Å². The number of amides is 1. The zero-order chi connectivity index (χ0) is 22.8. The van der Waals surface area contributed by atoms with Crippen molar-refractivity contribution >= 4 is 28.0 Å². The van der Waals surface area contributed by atoms with Crippen molar-refractivity contribution in [2.45, 2.75) is 18.4 Å². The number of carboxylic acids is 1. The van der Waals surface area contributed by atoms with Gasteiger partial charge in [-0.2, -0.15) is 0 Å². The maximum absolute atomic E-state index is 14.2. The molecule has 1 aromatic heterocycles. The first-order valence-corrected chi connectivity index (χ1v) is 10.5. The minimum absolute atomic E-state index is 0.0181. The lowest BCUT2D eigenvalue weighted by Crippen LogP contribution is -2.43. The molecule has 0 fully saturated rings. The Morgan fingerprint density at radius 1 is 1.09 bits per heavy atom. The van der Waals surface area contributed by atoms with Crippen molar-refractivity contribution in [3.63, 3.8) is 0 Å². The number of nitrogens with zero attached hydrogens (tertiary/aromatic N) is 1. The minimum Gasteiger partial charge on any atom is -0.480 e. The van der Waals surface area contributed by atoms with Gasteiger partial charge in [-0.25, -0.2) is 23.4 Å². The van der Waals surface area contributed by atoms with E-state index in [0.717, 1.165) is 28.5 Å². The van der Waals surface area contributed by atoms with Crippen LogP contribution in [0.4, 0.5) is 13.6 Å². The topological polar surface area (TPSA) is 88.5 Å². The van der Waals surface area contributed by atoms with Crippen molar-refractivity contribution in [3.05, 3.63) is 87.7 Å². The molecule has 1 unspecified atom stereocenters. The lowest BCUT2D eigenvalue weighted by Gasteiger charge is -2.18. The number of carbonyl (C=O) groups is 2. The molecule has 3 aromatic rings. The number of carbonyl (C=O) groups excluding carboxylic acids is 1. The first kappa shape index (κ1) is 21.9. The Morgan fingerprint density at radius 3 is 2.28 bits per heavy atom. The lowest BCUT2D eigenvalue weighted by molar-refractivity contribution is -0.139. The van der Waals surface area contributed by atoms with Gasteiger partial charge in [0.25, 0.3) is 0 Å². The molecule has 4 rings (SSSR count).